The second kappa shape index (κ2) is 11.5. The largest absolute Gasteiger partial charge is 0.497 e. The van der Waals surface area contributed by atoms with Gasteiger partial charge < -0.3 is 15.0 Å². The van der Waals surface area contributed by atoms with E-state index in [-0.39, 0.29) is 18.5 Å². The third-order valence-corrected chi connectivity index (χ3v) is 6.57. The van der Waals surface area contributed by atoms with Crippen molar-refractivity contribution < 1.29 is 22.7 Å². The zero-order chi connectivity index (χ0) is 24.8. The van der Waals surface area contributed by atoms with Crippen LogP contribution in [0.5, 0.6) is 5.75 Å². The van der Waals surface area contributed by atoms with Gasteiger partial charge in [-0.1, -0.05) is 28.1 Å². The molecule has 8 nitrogen and oxygen atoms in total. The molecular weight excluding hydrogens is 510 g/mol. The van der Waals surface area contributed by atoms with Crippen LogP contribution in [0.4, 0.5) is 5.69 Å². The molecule has 2 amide bonds. The number of carbonyl (C=O) groups is 2. The maximum Gasteiger partial charge on any atom is 0.244 e. The normalized spacial score (nSPS) is 12.2. The summed E-state index contributed by atoms with van der Waals surface area (Å²) in [6.45, 7) is 5.01. The number of ether oxygens (including phenoxy) is 1. The molecule has 2 aromatic rings. The number of nitrogens with zero attached hydrogens (tertiary/aromatic N) is 2. The molecule has 0 radical (unpaired) electrons. The van der Waals surface area contributed by atoms with Gasteiger partial charge in [0.2, 0.25) is 21.8 Å². The lowest BCUT2D eigenvalue weighted by molar-refractivity contribution is -0.139. The fourth-order valence-corrected chi connectivity index (χ4v) is 4.25. The number of methoxy groups -OCH3 is 1. The SMILES string of the molecule is COc1ccc(N(CC(=O)N(Cc2ccc(Br)cc2)[C@H](C)C(=O)NC(C)C)S(C)(=O)=O)cc1. The zero-order valence-corrected chi connectivity index (χ0v) is 21.8. The first-order valence-corrected chi connectivity index (χ1v) is 13.0. The Balaban J connectivity index is 2.36. The van der Waals surface area contributed by atoms with E-state index in [1.807, 2.05) is 38.1 Å². The maximum absolute atomic E-state index is 13.4. The highest BCUT2D eigenvalue weighted by Gasteiger charge is 2.30. The minimum atomic E-state index is -3.77. The lowest BCUT2D eigenvalue weighted by Gasteiger charge is -2.32. The minimum absolute atomic E-state index is 0.101. The number of carbonyl (C=O) groups excluding carboxylic acids is 2. The molecule has 0 aliphatic carbocycles. The van der Waals surface area contributed by atoms with Crippen molar-refractivity contribution in [1.29, 1.82) is 0 Å². The Labute approximate surface area is 204 Å². The number of halogens is 1. The van der Waals surface area contributed by atoms with Crippen molar-refractivity contribution >= 4 is 43.5 Å². The van der Waals surface area contributed by atoms with Gasteiger partial charge in [-0.05, 0) is 62.7 Å². The lowest BCUT2D eigenvalue weighted by atomic mass is 10.1. The highest BCUT2D eigenvalue weighted by molar-refractivity contribution is 9.10. The Morgan fingerprint density at radius 1 is 1.03 bits per heavy atom. The molecule has 0 saturated heterocycles. The molecule has 0 aromatic heterocycles. The van der Waals surface area contributed by atoms with Crippen molar-refractivity contribution in [2.45, 2.75) is 39.4 Å². The molecule has 1 atom stereocenters. The molecule has 2 aromatic carbocycles. The summed E-state index contributed by atoms with van der Waals surface area (Å²) in [6, 6.07) is 12.9. The number of amides is 2. The van der Waals surface area contributed by atoms with Gasteiger partial charge in [-0.25, -0.2) is 8.42 Å². The van der Waals surface area contributed by atoms with E-state index in [1.165, 1.54) is 12.0 Å². The number of rotatable bonds is 10. The van der Waals surface area contributed by atoms with Crippen LogP contribution in [0.3, 0.4) is 0 Å². The molecule has 10 heteroatoms. The Hall–Kier alpha value is -2.59. The van der Waals surface area contributed by atoms with Gasteiger partial charge in [-0.2, -0.15) is 0 Å². The first-order chi connectivity index (χ1) is 15.4. The van der Waals surface area contributed by atoms with E-state index < -0.39 is 28.5 Å². The van der Waals surface area contributed by atoms with Crippen molar-refractivity contribution in [2.75, 3.05) is 24.2 Å². The Bertz CT molecular complexity index is 1060. The van der Waals surface area contributed by atoms with Crippen LogP contribution in [0.25, 0.3) is 0 Å². The standard InChI is InChI=1S/C23H30BrN3O5S/c1-16(2)25-23(29)17(3)26(14-18-6-8-19(24)9-7-18)22(28)15-27(33(5,30)31)20-10-12-21(32-4)13-11-20/h6-13,16-17H,14-15H2,1-5H3,(H,25,29)/t17-/m1/s1. The first kappa shape index (κ1) is 26.7. The number of anilines is 1. The summed E-state index contributed by atoms with van der Waals surface area (Å²) >= 11 is 3.38. The first-order valence-electron chi connectivity index (χ1n) is 10.4. The van der Waals surface area contributed by atoms with Gasteiger partial charge in [0.1, 0.15) is 18.3 Å². The van der Waals surface area contributed by atoms with Crippen LogP contribution in [0.15, 0.2) is 53.0 Å². The molecule has 2 rings (SSSR count). The van der Waals surface area contributed by atoms with Gasteiger partial charge in [-0.15, -0.1) is 0 Å². The predicted molar refractivity (Wildman–Crippen MR) is 133 cm³/mol. The van der Waals surface area contributed by atoms with Gasteiger partial charge in [0.25, 0.3) is 0 Å². The Morgan fingerprint density at radius 2 is 1.61 bits per heavy atom. The van der Waals surface area contributed by atoms with Crippen LogP contribution in [-0.4, -0.2) is 57.1 Å². The molecule has 0 fully saturated rings. The highest BCUT2D eigenvalue weighted by atomic mass is 79.9. The summed E-state index contributed by atoms with van der Waals surface area (Å²) in [6.07, 6.45) is 1.04. The number of hydrogen-bond donors (Lipinski definition) is 1. The van der Waals surface area contributed by atoms with Crippen molar-refractivity contribution in [3.05, 3.63) is 58.6 Å². The molecule has 33 heavy (non-hydrogen) atoms. The monoisotopic (exact) mass is 539 g/mol. The summed E-state index contributed by atoms with van der Waals surface area (Å²) in [5.74, 6) is -0.245. The molecule has 0 saturated carbocycles. The van der Waals surface area contributed by atoms with Gasteiger partial charge in [0, 0.05) is 17.1 Å². The number of benzene rings is 2. The smallest absolute Gasteiger partial charge is 0.244 e. The summed E-state index contributed by atoms with van der Waals surface area (Å²) in [4.78, 5) is 27.5. The van der Waals surface area contributed by atoms with Crippen LogP contribution < -0.4 is 14.4 Å². The zero-order valence-electron chi connectivity index (χ0n) is 19.4. The molecular formula is C23H30BrN3O5S. The second-order valence-corrected chi connectivity index (χ2v) is 10.8. The van der Waals surface area contributed by atoms with Crippen LogP contribution >= 0.6 is 15.9 Å². The number of sulfonamides is 1. The predicted octanol–water partition coefficient (Wildman–Crippen LogP) is 3.17. The topological polar surface area (TPSA) is 96.0 Å². The van der Waals surface area contributed by atoms with Gasteiger partial charge in [0.05, 0.1) is 19.1 Å². The third kappa shape index (κ3) is 7.75. The summed E-state index contributed by atoms with van der Waals surface area (Å²) < 4.78 is 32.1. The molecule has 0 spiro atoms. The van der Waals surface area contributed by atoms with Crippen molar-refractivity contribution in [2.24, 2.45) is 0 Å². The van der Waals surface area contributed by atoms with E-state index in [0.29, 0.717) is 11.4 Å². The van der Waals surface area contributed by atoms with Gasteiger partial charge in [0.15, 0.2) is 0 Å². The summed E-state index contributed by atoms with van der Waals surface area (Å²) in [7, 11) is -2.26. The third-order valence-electron chi connectivity index (χ3n) is 4.90. The summed E-state index contributed by atoms with van der Waals surface area (Å²) in [5, 5.41) is 2.81. The molecule has 0 bridgehead atoms. The summed E-state index contributed by atoms with van der Waals surface area (Å²) in [5.41, 5.74) is 1.14. The van der Waals surface area contributed by atoms with E-state index in [9.17, 15) is 18.0 Å². The fourth-order valence-electron chi connectivity index (χ4n) is 3.14. The average molecular weight is 540 g/mol. The van der Waals surface area contributed by atoms with Crippen LogP contribution in [0.2, 0.25) is 0 Å². The Kier molecular flexibility index (Phi) is 9.30. The Morgan fingerprint density at radius 3 is 2.09 bits per heavy atom. The van der Waals surface area contributed by atoms with E-state index in [4.69, 9.17) is 4.74 Å². The van der Waals surface area contributed by atoms with Gasteiger partial charge in [-0.3, -0.25) is 13.9 Å². The van der Waals surface area contributed by atoms with Crippen molar-refractivity contribution in [3.63, 3.8) is 0 Å². The minimum Gasteiger partial charge on any atom is -0.497 e. The van der Waals surface area contributed by atoms with E-state index in [1.54, 1.807) is 31.2 Å². The van der Waals surface area contributed by atoms with E-state index in [0.717, 1.165) is 20.6 Å². The molecule has 0 aliphatic rings. The molecule has 0 heterocycles. The lowest BCUT2D eigenvalue weighted by Crippen LogP contribution is -2.52. The van der Waals surface area contributed by atoms with Crippen molar-refractivity contribution in [3.8, 4) is 5.75 Å². The maximum atomic E-state index is 13.4. The molecule has 0 aliphatic heterocycles. The van der Waals surface area contributed by atoms with E-state index >= 15 is 0 Å². The van der Waals surface area contributed by atoms with Crippen LogP contribution in [-0.2, 0) is 26.2 Å². The fraction of sp³-hybridized carbons (Fsp3) is 0.391. The average Bonchev–Trinajstić information content (AvgIpc) is 2.75. The highest BCUT2D eigenvalue weighted by Crippen LogP contribution is 2.22. The van der Waals surface area contributed by atoms with E-state index in [2.05, 4.69) is 21.2 Å². The molecule has 1 N–H and O–H groups in total. The second-order valence-electron chi connectivity index (χ2n) is 7.96. The molecule has 180 valence electrons. The molecule has 0 unspecified atom stereocenters. The van der Waals surface area contributed by atoms with Crippen LogP contribution in [0, 0.1) is 0 Å². The number of hydrogen-bond acceptors (Lipinski definition) is 5. The van der Waals surface area contributed by atoms with Crippen LogP contribution in [0.1, 0.15) is 26.3 Å². The van der Waals surface area contributed by atoms with Crippen molar-refractivity contribution in [1.82, 2.24) is 10.2 Å². The van der Waals surface area contributed by atoms with Gasteiger partial charge >= 0.3 is 0 Å². The quantitative estimate of drug-likeness (QED) is 0.500. The number of nitrogens with one attached hydrogen (secondary N) is 1.